The van der Waals surface area contributed by atoms with Crippen LogP contribution in [0.5, 0.6) is 0 Å². The maximum absolute atomic E-state index is 13.0. The van der Waals surface area contributed by atoms with E-state index in [0.717, 1.165) is 5.56 Å². The third kappa shape index (κ3) is 1.83. The zero-order valence-corrected chi connectivity index (χ0v) is 12.6. The van der Waals surface area contributed by atoms with E-state index >= 15 is 0 Å². The van der Waals surface area contributed by atoms with Crippen molar-refractivity contribution in [3.05, 3.63) is 29.8 Å². The summed E-state index contributed by atoms with van der Waals surface area (Å²) in [5, 5.41) is 7.84. The van der Waals surface area contributed by atoms with Gasteiger partial charge in [-0.05, 0) is 32.4 Å². The molecule has 0 spiro atoms. The van der Waals surface area contributed by atoms with Gasteiger partial charge in [-0.2, -0.15) is 10.2 Å². The third-order valence-corrected chi connectivity index (χ3v) is 6.43. The molecule has 0 radical (unpaired) electrons. The van der Waals surface area contributed by atoms with E-state index in [1.54, 1.807) is 19.1 Å². The van der Waals surface area contributed by atoms with E-state index in [2.05, 4.69) is 10.2 Å². The van der Waals surface area contributed by atoms with Gasteiger partial charge >= 0.3 is 5.97 Å². The summed E-state index contributed by atoms with van der Waals surface area (Å²) in [7, 11) is -3.99. The molecular weight excluding hydrogens is 292 g/mol. The van der Waals surface area contributed by atoms with Crippen molar-refractivity contribution in [1.29, 1.82) is 0 Å². The van der Waals surface area contributed by atoms with Crippen molar-refractivity contribution < 1.29 is 17.9 Å². The molecule has 0 aromatic heterocycles. The fourth-order valence-electron chi connectivity index (χ4n) is 2.93. The molecule has 1 saturated heterocycles. The number of nitrogens with zero attached hydrogens (tertiary/aromatic N) is 2. The number of ether oxygens (including phenoxy) is 1. The van der Waals surface area contributed by atoms with Gasteiger partial charge in [-0.1, -0.05) is 17.7 Å². The van der Waals surface area contributed by atoms with Gasteiger partial charge in [-0.25, -0.2) is 13.2 Å². The van der Waals surface area contributed by atoms with Crippen LogP contribution in [-0.4, -0.2) is 31.9 Å². The van der Waals surface area contributed by atoms with Gasteiger partial charge in [0, 0.05) is 5.92 Å². The predicted molar refractivity (Wildman–Crippen MR) is 74.5 cm³/mol. The first-order valence-electron chi connectivity index (χ1n) is 6.80. The summed E-state index contributed by atoms with van der Waals surface area (Å²) in [5.74, 6) is -1.28. The van der Waals surface area contributed by atoms with Crippen molar-refractivity contribution in [2.24, 2.45) is 16.1 Å². The van der Waals surface area contributed by atoms with Crippen LogP contribution in [0.25, 0.3) is 0 Å². The van der Waals surface area contributed by atoms with Gasteiger partial charge in [0.15, 0.2) is 0 Å². The van der Waals surface area contributed by atoms with Crippen LogP contribution in [0.4, 0.5) is 0 Å². The second-order valence-electron chi connectivity index (χ2n) is 5.50. The van der Waals surface area contributed by atoms with Crippen molar-refractivity contribution >= 4 is 15.8 Å². The Labute approximate surface area is 123 Å². The summed E-state index contributed by atoms with van der Waals surface area (Å²) < 4.78 is 31.0. The highest BCUT2D eigenvalue weighted by atomic mass is 32.2. The van der Waals surface area contributed by atoms with Crippen molar-refractivity contribution in [1.82, 2.24) is 0 Å². The molecule has 2 aliphatic heterocycles. The van der Waals surface area contributed by atoms with Crippen LogP contribution in [0.3, 0.4) is 0 Å². The van der Waals surface area contributed by atoms with Crippen molar-refractivity contribution in [3.8, 4) is 0 Å². The molecule has 1 aromatic carbocycles. The van der Waals surface area contributed by atoms with E-state index in [9.17, 15) is 13.2 Å². The maximum atomic E-state index is 13.0. The Morgan fingerprint density at radius 1 is 1.29 bits per heavy atom. The minimum atomic E-state index is -3.99. The number of fused-ring (bicyclic) bond motifs is 1. The van der Waals surface area contributed by atoms with Crippen LogP contribution in [0, 0.1) is 12.8 Å². The molecule has 0 saturated carbocycles. The summed E-state index contributed by atoms with van der Waals surface area (Å²) in [6, 6.07) is 6.08. The van der Waals surface area contributed by atoms with Crippen molar-refractivity contribution in [2.75, 3.05) is 6.61 Å². The molecule has 0 amide bonds. The Balaban J connectivity index is 2.17. The fraction of sp³-hybridized carbons (Fsp3) is 0.500. The molecule has 2 heterocycles. The second-order valence-corrected chi connectivity index (χ2v) is 7.60. The number of sulfone groups is 1. The van der Waals surface area contributed by atoms with Gasteiger partial charge in [0.1, 0.15) is 0 Å². The lowest BCUT2D eigenvalue weighted by Gasteiger charge is -2.34. The lowest BCUT2D eigenvalue weighted by Crippen LogP contribution is -2.55. The zero-order valence-electron chi connectivity index (χ0n) is 11.8. The molecule has 3 rings (SSSR count). The minimum absolute atomic E-state index is 0.0741. The smallest absolute Gasteiger partial charge is 0.352 e. The Morgan fingerprint density at radius 3 is 2.62 bits per heavy atom. The van der Waals surface area contributed by atoms with Gasteiger partial charge in [-0.15, -0.1) is 0 Å². The normalized spacial score (nSPS) is 31.8. The van der Waals surface area contributed by atoms with Crippen LogP contribution in [-0.2, 0) is 19.4 Å². The molecule has 0 N–H and O–H groups in total. The minimum Gasteiger partial charge on any atom is -0.463 e. The van der Waals surface area contributed by atoms with Crippen LogP contribution in [0.2, 0.25) is 0 Å². The van der Waals surface area contributed by atoms with Crippen molar-refractivity contribution in [3.63, 3.8) is 0 Å². The van der Waals surface area contributed by atoms with E-state index in [-0.39, 0.29) is 17.5 Å². The van der Waals surface area contributed by atoms with E-state index in [1.165, 1.54) is 12.1 Å². The third-order valence-electron chi connectivity index (χ3n) is 4.17. The van der Waals surface area contributed by atoms with E-state index in [4.69, 9.17) is 4.74 Å². The van der Waals surface area contributed by atoms with Gasteiger partial charge < -0.3 is 4.74 Å². The summed E-state index contributed by atoms with van der Waals surface area (Å²) in [6.45, 7) is 3.85. The second kappa shape index (κ2) is 4.62. The first kappa shape index (κ1) is 14.2. The lowest BCUT2D eigenvalue weighted by atomic mass is 9.89. The molecule has 3 atom stereocenters. The standard InChI is InChI=1S/C14H16N2O4S/c1-9-3-5-11(6-4-9)21(18,19)14-12(10(2)15-16-14)7-8-20-13(14)17/h3-6,10,12H,7-8H2,1-2H3/t10-,12-,14-/m1/s1. The van der Waals surface area contributed by atoms with Crippen LogP contribution in [0.15, 0.2) is 39.4 Å². The number of carbonyl (C=O) groups excluding carboxylic acids is 1. The summed E-state index contributed by atoms with van der Waals surface area (Å²) >= 11 is 0. The lowest BCUT2D eigenvalue weighted by molar-refractivity contribution is -0.153. The van der Waals surface area contributed by atoms with Crippen LogP contribution >= 0.6 is 0 Å². The average molecular weight is 308 g/mol. The quantitative estimate of drug-likeness (QED) is 0.781. The average Bonchev–Trinajstić information content (AvgIpc) is 2.80. The van der Waals surface area contributed by atoms with Gasteiger partial charge in [0.05, 0.1) is 17.5 Å². The number of benzene rings is 1. The maximum Gasteiger partial charge on any atom is 0.352 e. The first-order valence-corrected chi connectivity index (χ1v) is 8.28. The van der Waals surface area contributed by atoms with E-state index in [1.807, 2.05) is 6.92 Å². The number of aryl methyl sites for hydroxylation is 1. The summed E-state index contributed by atoms with van der Waals surface area (Å²) in [6.07, 6.45) is 0.449. The fourth-order valence-corrected chi connectivity index (χ4v) is 4.93. The SMILES string of the molecule is Cc1ccc(S(=O)(=O)[C@]23N=N[C@H](C)[C@H]2CCOC3=O)cc1. The molecule has 1 fully saturated rings. The van der Waals surface area contributed by atoms with Crippen LogP contribution in [0.1, 0.15) is 18.9 Å². The number of carbonyl (C=O) groups is 1. The summed E-state index contributed by atoms with van der Waals surface area (Å²) in [5.41, 5.74) is 0.940. The predicted octanol–water partition coefficient (Wildman–Crippen LogP) is 1.88. The highest BCUT2D eigenvalue weighted by Gasteiger charge is 2.65. The summed E-state index contributed by atoms with van der Waals surface area (Å²) in [4.78, 5) is 10.4. The highest BCUT2D eigenvalue weighted by Crippen LogP contribution is 2.46. The number of azo groups is 1. The number of hydrogen-bond donors (Lipinski definition) is 0. The van der Waals surface area contributed by atoms with Crippen molar-refractivity contribution in [2.45, 2.75) is 36.1 Å². The van der Waals surface area contributed by atoms with Crippen LogP contribution < -0.4 is 0 Å². The molecule has 1 aromatic rings. The molecule has 112 valence electrons. The molecule has 0 aliphatic carbocycles. The van der Waals surface area contributed by atoms with Gasteiger partial charge in [0.2, 0.25) is 9.84 Å². The Morgan fingerprint density at radius 2 is 1.95 bits per heavy atom. The molecule has 0 unspecified atom stereocenters. The zero-order chi connectivity index (χ0) is 15.3. The molecule has 21 heavy (non-hydrogen) atoms. The first-order chi connectivity index (χ1) is 9.89. The molecule has 2 aliphatic rings. The largest absolute Gasteiger partial charge is 0.463 e. The number of cyclic esters (lactones) is 1. The van der Waals surface area contributed by atoms with Gasteiger partial charge in [-0.3, -0.25) is 0 Å². The number of esters is 1. The highest BCUT2D eigenvalue weighted by molar-refractivity contribution is 7.93. The molecular formula is C14H16N2O4S. The van der Waals surface area contributed by atoms with E-state index < -0.39 is 26.6 Å². The van der Waals surface area contributed by atoms with E-state index in [0.29, 0.717) is 6.42 Å². The Bertz CT molecular complexity index is 711. The Hall–Kier alpha value is -1.76. The molecule has 6 nitrogen and oxygen atoms in total. The number of hydrogen-bond acceptors (Lipinski definition) is 6. The molecule has 7 heteroatoms. The molecule has 0 bridgehead atoms. The van der Waals surface area contributed by atoms with Gasteiger partial charge in [0.25, 0.3) is 4.87 Å². The topological polar surface area (TPSA) is 85.2 Å². The Kier molecular flexibility index (Phi) is 3.12. The monoisotopic (exact) mass is 308 g/mol. The number of rotatable bonds is 2.